The van der Waals surface area contributed by atoms with Crippen LogP contribution < -0.4 is 15.6 Å². The highest BCUT2D eigenvalue weighted by Crippen LogP contribution is 2.41. The van der Waals surface area contributed by atoms with Crippen LogP contribution in [0.25, 0.3) is 22.3 Å². The van der Waals surface area contributed by atoms with Crippen LogP contribution in [0, 0.1) is 6.92 Å². The van der Waals surface area contributed by atoms with Crippen molar-refractivity contribution in [1.82, 2.24) is 20.2 Å². The average Bonchev–Trinajstić information content (AvgIpc) is 3.47. The van der Waals surface area contributed by atoms with Gasteiger partial charge in [0.15, 0.2) is 0 Å². The number of aromatic amines is 1. The number of carbonyl (C=O) groups is 3. The van der Waals surface area contributed by atoms with Crippen molar-refractivity contribution < 1.29 is 24.2 Å². The first-order chi connectivity index (χ1) is 20.2. The third kappa shape index (κ3) is 5.28. The third-order valence-electron chi connectivity index (χ3n) is 6.94. The van der Waals surface area contributed by atoms with Gasteiger partial charge >= 0.3 is 5.97 Å². The molecule has 1 fully saturated rings. The Balaban J connectivity index is 1.23. The van der Waals surface area contributed by atoms with Gasteiger partial charge in [0, 0.05) is 21.2 Å². The molecule has 4 heterocycles. The van der Waals surface area contributed by atoms with Crippen molar-refractivity contribution in [1.29, 1.82) is 0 Å². The molecular formula is C29H23ClN4O6S2. The fraction of sp³-hybridized carbons (Fsp3) is 0.207. The first-order valence-corrected chi connectivity index (χ1v) is 15.2. The Labute approximate surface area is 252 Å². The molecule has 2 aliphatic heterocycles. The number of fused-ring (bicyclic) bond motifs is 2. The van der Waals surface area contributed by atoms with Gasteiger partial charge in [-0.1, -0.05) is 29.3 Å². The van der Waals surface area contributed by atoms with E-state index in [9.17, 15) is 24.3 Å². The largest absolute Gasteiger partial charge is 0.488 e. The molecule has 0 aliphatic carbocycles. The van der Waals surface area contributed by atoms with E-state index in [-0.39, 0.29) is 36.0 Å². The van der Waals surface area contributed by atoms with Gasteiger partial charge in [-0.3, -0.25) is 19.3 Å². The molecule has 0 spiro atoms. The molecule has 3 N–H and O–H groups in total. The summed E-state index contributed by atoms with van der Waals surface area (Å²) in [7, 11) is 0. The molecule has 2 atom stereocenters. The summed E-state index contributed by atoms with van der Waals surface area (Å²) < 4.78 is 6.11. The SMILES string of the molecule is Cc1ccc(OCC2=C(C(=O)O)N3C(=O)C(NC(=O)Cc4cccs4)C3SC2)c(-c2nc3ccc(Cl)cc3c(=O)[nH]2)c1. The maximum absolute atomic E-state index is 13.0. The maximum atomic E-state index is 13.0. The second-order valence-corrected chi connectivity index (χ2v) is 12.4. The van der Waals surface area contributed by atoms with Gasteiger partial charge in [0.25, 0.3) is 11.5 Å². The Morgan fingerprint density at radius 3 is 2.81 bits per heavy atom. The van der Waals surface area contributed by atoms with Gasteiger partial charge < -0.3 is 20.1 Å². The second-order valence-electron chi connectivity index (χ2n) is 9.83. The highest BCUT2D eigenvalue weighted by atomic mass is 35.5. The average molecular weight is 623 g/mol. The zero-order valence-corrected chi connectivity index (χ0v) is 24.4. The molecule has 0 saturated carbocycles. The van der Waals surface area contributed by atoms with Gasteiger partial charge in [-0.25, -0.2) is 9.78 Å². The fourth-order valence-corrected chi connectivity index (χ4v) is 7.15. The van der Waals surface area contributed by atoms with Crippen molar-refractivity contribution in [2.75, 3.05) is 12.4 Å². The Bertz CT molecular complexity index is 1840. The van der Waals surface area contributed by atoms with E-state index in [4.69, 9.17) is 16.3 Å². The smallest absolute Gasteiger partial charge is 0.352 e. The van der Waals surface area contributed by atoms with Crippen LogP contribution in [-0.2, 0) is 20.8 Å². The first-order valence-electron chi connectivity index (χ1n) is 12.8. The number of carbonyl (C=O) groups excluding carboxylic acids is 2. The molecule has 214 valence electrons. The number of aliphatic carboxylic acids is 1. The Kier molecular flexibility index (Phi) is 7.52. The van der Waals surface area contributed by atoms with E-state index >= 15 is 0 Å². The molecule has 2 amide bonds. The number of ether oxygens (including phenoxy) is 1. The van der Waals surface area contributed by atoms with Crippen LogP contribution in [0.1, 0.15) is 10.4 Å². The van der Waals surface area contributed by atoms with Gasteiger partial charge in [-0.15, -0.1) is 23.1 Å². The highest BCUT2D eigenvalue weighted by Gasteiger charge is 2.54. The molecular weight excluding hydrogens is 600 g/mol. The van der Waals surface area contributed by atoms with Gasteiger partial charge in [-0.05, 0) is 48.7 Å². The van der Waals surface area contributed by atoms with E-state index in [0.717, 1.165) is 10.4 Å². The molecule has 2 aromatic heterocycles. The molecule has 10 nitrogen and oxygen atoms in total. The molecule has 2 aromatic carbocycles. The second kappa shape index (κ2) is 11.3. The normalized spacial score (nSPS) is 18.0. The van der Waals surface area contributed by atoms with Crippen LogP contribution in [-0.4, -0.2) is 61.5 Å². The first kappa shape index (κ1) is 28.0. The minimum atomic E-state index is -1.25. The molecule has 6 rings (SSSR count). The number of rotatable bonds is 8. The molecule has 42 heavy (non-hydrogen) atoms. The number of carboxylic acid groups (broad SMARTS) is 1. The summed E-state index contributed by atoms with van der Waals surface area (Å²) in [4.78, 5) is 60.1. The molecule has 2 aliphatic rings. The van der Waals surface area contributed by atoms with E-state index in [1.807, 2.05) is 36.6 Å². The number of hydrogen-bond donors (Lipinski definition) is 3. The molecule has 2 unspecified atom stereocenters. The molecule has 1 saturated heterocycles. The van der Waals surface area contributed by atoms with Crippen molar-refractivity contribution >= 4 is 63.4 Å². The number of aromatic nitrogens is 2. The number of halogens is 1. The molecule has 0 radical (unpaired) electrons. The molecule has 4 aromatic rings. The molecule has 13 heteroatoms. The highest BCUT2D eigenvalue weighted by molar-refractivity contribution is 8.00. The summed E-state index contributed by atoms with van der Waals surface area (Å²) in [5.74, 6) is -1.05. The third-order valence-corrected chi connectivity index (χ3v) is 9.39. The zero-order chi connectivity index (χ0) is 29.5. The van der Waals surface area contributed by atoms with Gasteiger partial charge in [0.05, 0.1) is 22.9 Å². The number of thioether (sulfide) groups is 1. The number of benzene rings is 2. The lowest BCUT2D eigenvalue weighted by Crippen LogP contribution is -2.70. The number of carboxylic acids is 1. The summed E-state index contributed by atoms with van der Waals surface area (Å²) in [5.41, 5.74) is 1.80. The number of H-pyrrole nitrogens is 1. The van der Waals surface area contributed by atoms with Crippen LogP contribution in [0.3, 0.4) is 0 Å². The summed E-state index contributed by atoms with van der Waals surface area (Å²) in [6.45, 7) is 1.78. The standard InChI is InChI=1S/C29H23ClN4O6S2/c1-14-4-7-21(19(9-14)25-31-20-6-5-16(30)10-18(20)26(36)33-25)40-12-15-13-42-28-23(27(37)34(28)24(15)29(38)39)32-22(35)11-17-3-2-8-41-17/h2-10,23,28H,11-13H2,1H3,(H,32,35)(H,38,39)(H,31,33,36). The van der Waals surface area contributed by atoms with E-state index in [0.29, 0.717) is 38.6 Å². The van der Waals surface area contributed by atoms with Gasteiger partial charge in [0.2, 0.25) is 5.91 Å². The van der Waals surface area contributed by atoms with Crippen LogP contribution in [0.5, 0.6) is 5.75 Å². The number of nitrogens with one attached hydrogen (secondary N) is 2. The van der Waals surface area contributed by atoms with Crippen LogP contribution in [0.2, 0.25) is 5.02 Å². The number of amides is 2. The van der Waals surface area contributed by atoms with E-state index < -0.39 is 23.3 Å². The van der Waals surface area contributed by atoms with Crippen molar-refractivity contribution in [3.05, 3.63) is 91.0 Å². The Morgan fingerprint density at radius 1 is 1.21 bits per heavy atom. The van der Waals surface area contributed by atoms with Crippen molar-refractivity contribution in [3.63, 3.8) is 0 Å². The lowest BCUT2D eigenvalue weighted by atomic mass is 10.0. The molecule has 0 bridgehead atoms. The Morgan fingerprint density at radius 2 is 2.05 bits per heavy atom. The number of aryl methyl sites for hydroxylation is 1. The number of nitrogens with zero attached hydrogens (tertiary/aromatic N) is 2. The lowest BCUT2D eigenvalue weighted by molar-refractivity contribution is -0.150. The van der Waals surface area contributed by atoms with Crippen LogP contribution in [0.15, 0.2) is 70.0 Å². The quantitative estimate of drug-likeness (QED) is 0.251. The van der Waals surface area contributed by atoms with Crippen molar-refractivity contribution in [2.45, 2.75) is 24.8 Å². The van der Waals surface area contributed by atoms with Gasteiger partial charge in [-0.2, -0.15) is 0 Å². The predicted octanol–water partition coefficient (Wildman–Crippen LogP) is 3.97. The minimum absolute atomic E-state index is 0.107. The summed E-state index contributed by atoms with van der Waals surface area (Å²) >= 11 is 8.86. The maximum Gasteiger partial charge on any atom is 0.352 e. The Hall–Kier alpha value is -4.13. The van der Waals surface area contributed by atoms with E-state index in [1.165, 1.54) is 28.0 Å². The van der Waals surface area contributed by atoms with Crippen molar-refractivity contribution in [3.8, 4) is 17.1 Å². The predicted molar refractivity (Wildman–Crippen MR) is 161 cm³/mol. The van der Waals surface area contributed by atoms with Crippen LogP contribution >= 0.6 is 34.7 Å². The van der Waals surface area contributed by atoms with Crippen molar-refractivity contribution in [2.24, 2.45) is 0 Å². The van der Waals surface area contributed by atoms with E-state index in [1.54, 1.807) is 24.3 Å². The fourth-order valence-electron chi connectivity index (χ4n) is 4.95. The minimum Gasteiger partial charge on any atom is -0.488 e. The monoisotopic (exact) mass is 622 g/mol. The summed E-state index contributed by atoms with van der Waals surface area (Å²) in [5, 5.41) is 14.9. The topological polar surface area (TPSA) is 142 Å². The summed E-state index contributed by atoms with van der Waals surface area (Å²) in [6.07, 6.45) is 0.156. The number of thiophene rings is 1. The number of β-lactam (4-membered cyclic amide) rings is 1. The summed E-state index contributed by atoms with van der Waals surface area (Å²) in [6, 6.07) is 13.1. The van der Waals surface area contributed by atoms with Crippen LogP contribution in [0.4, 0.5) is 0 Å². The number of hydrogen-bond acceptors (Lipinski definition) is 8. The lowest BCUT2D eigenvalue weighted by Gasteiger charge is -2.49. The van der Waals surface area contributed by atoms with Gasteiger partial charge in [0.1, 0.15) is 35.3 Å². The van der Waals surface area contributed by atoms with E-state index in [2.05, 4.69) is 15.3 Å². The zero-order valence-electron chi connectivity index (χ0n) is 22.0.